The Morgan fingerprint density at radius 1 is 0.800 bits per heavy atom. The molecule has 0 radical (unpaired) electrons. The largest absolute Gasteiger partial charge is 0.322 e. The molecular weight excluding hydrogens is 440 g/mol. The van der Waals surface area contributed by atoms with Gasteiger partial charge in [-0.1, -0.05) is 54.6 Å². The molecule has 1 saturated heterocycles. The van der Waals surface area contributed by atoms with Gasteiger partial charge >= 0.3 is 0 Å². The summed E-state index contributed by atoms with van der Waals surface area (Å²) in [7, 11) is 0. The fourth-order valence-electron chi connectivity index (χ4n) is 4.18. The van der Waals surface area contributed by atoms with Gasteiger partial charge in [0.15, 0.2) is 0 Å². The predicted molar refractivity (Wildman–Crippen MR) is 132 cm³/mol. The van der Waals surface area contributed by atoms with Crippen LogP contribution in [0.15, 0.2) is 91.3 Å². The number of carbonyl (C=O) groups is 3. The highest BCUT2D eigenvalue weighted by molar-refractivity contribution is 6.08. The first-order valence-electron chi connectivity index (χ1n) is 11.5. The van der Waals surface area contributed by atoms with E-state index < -0.39 is 0 Å². The van der Waals surface area contributed by atoms with Crippen molar-refractivity contribution in [2.75, 3.05) is 5.32 Å². The zero-order chi connectivity index (χ0) is 24.2. The SMILES string of the molecule is O=C(Nc1ccc(CN2C(=O)CCC2=O)cc1)c1ccccc1-c1ccc(Cn2cccn2)cc1. The Balaban J connectivity index is 1.28. The predicted octanol–water partition coefficient (Wildman–Crippen LogP) is 4.50. The Morgan fingerprint density at radius 3 is 2.14 bits per heavy atom. The molecule has 174 valence electrons. The number of imide groups is 1. The van der Waals surface area contributed by atoms with E-state index >= 15 is 0 Å². The highest BCUT2D eigenvalue weighted by Crippen LogP contribution is 2.25. The number of hydrogen-bond acceptors (Lipinski definition) is 4. The van der Waals surface area contributed by atoms with E-state index in [0.717, 1.165) is 22.3 Å². The molecular formula is C28H24N4O3. The molecule has 0 bridgehead atoms. The van der Waals surface area contributed by atoms with E-state index in [-0.39, 0.29) is 37.1 Å². The lowest BCUT2D eigenvalue weighted by Gasteiger charge is -2.14. The Hall–Kier alpha value is -4.52. The molecule has 35 heavy (non-hydrogen) atoms. The van der Waals surface area contributed by atoms with Gasteiger partial charge in [-0.25, -0.2) is 0 Å². The zero-order valence-corrected chi connectivity index (χ0v) is 19.1. The number of carbonyl (C=O) groups excluding carboxylic acids is 3. The molecule has 7 heteroatoms. The molecule has 3 amide bonds. The van der Waals surface area contributed by atoms with Gasteiger partial charge in [0, 0.05) is 36.5 Å². The number of amides is 3. The number of hydrogen-bond donors (Lipinski definition) is 1. The van der Waals surface area contributed by atoms with Crippen molar-refractivity contribution in [2.24, 2.45) is 0 Å². The summed E-state index contributed by atoms with van der Waals surface area (Å²) < 4.78 is 1.86. The molecule has 1 aliphatic rings. The molecule has 2 heterocycles. The van der Waals surface area contributed by atoms with E-state index in [9.17, 15) is 14.4 Å². The molecule has 4 aromatic rings. The van der Waals surface area contributed by atoms with Crippen molar-refractivity contribution in [1.82, 2.24) is 14.7 Å². The second-order valence-electron chi connectivity index (χ2n) is 8.47. The third-order valence-electron chi connectivity index (χ3n) is 6.05. The van der Waals surface area contributed by atoms with Gasteiger partial charge in [-0.05, 0) is 46.5 Å². The number of benzene rings is 3. The van der Waals surface area contributed by atoms with Crippen molar-refractivity contribution >= 4 is 23.4 Å². The number of likely N-dealkylation sites (tertiary alicyclic amines) is 1. The summed E-state index contributed by atoms with van der Waals surface area (Å²) in [5.41, 5.74) is 4.97. The number of aromatic nitrogens is 2. The summed E-state index contributed by atoms with van der Waals surface area (Å²) in [6.07, 6.45) is 4.23. The Bertz CT molecular complexity index is 1340. The van der Waals surface area contributed by atoms with Crippen molar-refractivity contribution in [3.8, 4) is 11.1 Å². The van der Waals surface area contributed by atoms with Crippen LogP contribution >= 0.6 is 0 Å². The molecule has 1 fully saturated rings. The van der Waals surface area contributed by atoms with Gasteiger partial charge in [-0.15, -0.1) is 0 Å². The smallest absolute Gasteiger partial charge is 0.256 e. The first-order chi connectivity index (χ1) is 17.1. The van der Waals surface area contributed by atoms with Crippen molar-refractivity contribution in [2.45, 2.75) is 25.9 Å². The van der Waals surface area contributed by atoms with Gasteiger partial charge in [0.2, 0.25) is 11.8 Å². The molecule has 0 aliphatic carbocycles. The second kappa shape index (κ2) is 9.77. The highest BCUT2D eigenvalue weighted by atomic mass is 16.2. The minimum atomic E-state index is -0.209. The molecule has 0 unspecified atom stereocenters. The topological polar surface area (TPSA) is 84.3 Å². The molecule has 1 aromatic heterocycles. The molecule has 0 spiro atoms. The van der Waals surface area contributed by atoms with E-state index in [1.807, 2.05) is 71.5 Å². The zero-order valence-electron chi connectivity index (χ0n) is 19.1. The van der Waals surface area contributed by atoms with Gasteiger partial charge in [0.25, 0.3) is 5.91 Å². The van der Waals surface area contributed by atoms with Gasteiger partial charge in [-0.2, -0.15) is 5.10 Å². The summed E-state index contributed by atoms with van der Waals surface area (Å²) in [6.45, 7) is 0.941. The van der Waals surface area contributed by atoms with E-state index in [1.165, 1.54) is 4.90 Å². The molecule has 7 nitrogen and oxygen atoms in total. The first kappa shape index (κ1) is 22.3. The first-order valence-corrected chi connectivity index (χ1v) is 11.5. The van der Waals surface area contributed by atoms with E-state index in [0.29, 0.717) is 17.8 Å². The van der Waals surface area contributed by atoms with Crippen LogP contribution in [-0.2, 0) is 22.7 Å². The Kier molecular flexibility index (Phi) is 6.22. The van der Waals surface area contributed by atoms with E-state index in [1.54, 1.807) is 24.4 Å². The van der Waals surface area contributed by atoms with Crippen LogP contribution in [-0.4, -0.2) is 32.4 Å². The average molecular weight is 465 g/mol. The second-order valence-corrected chi connectivity index (χ2v) is 8.47. The lowest BCUT2D eigenvalue weighted by atomic mass is 9.98. The molecule has 0 atom stereocenters. The Morgan fingerprint density at radius 2 is 1.46 bits per heavy atom. The number of nitrogens with zero attached hydrogens (tertiary/aromatic N) is 3. The van der Waals surface area contributed by atoms with Crippen molar-refractivity contribution in [1.29, 1.82) is 0 Å². The van der Waals surface area contributed by atoms with Crippen LogP contribution in [0.5, 0.6) is 0 Å². The van der Waals surface area contributed by atoms with Crippen molar-refractivity contribution in [3.05, 3.63) is 108 Å². The van der Waals surface area contributed by atoms with E-state index in [4.69, 9.17) is 0 Å². The van der Waals surface area contributed by atoms with Crippen LogP contribution in [0.2, 0.25) is 0 Å². The molecule has 5 rings (SSSR count). The lowest BCUT2D eigenvalue weighted by Crippen LogP contribution is -2.28. The van der Waals surface area contributed by atoms with Crippen LogP contribution in [0.25, 0.3) is 11.1 Å². The third kappa shape index (κ3) is 5.04. The molecule has 3 aromatic carbocycles. The minimum Gasteiger partial charge on any atom is -0.322 e. The fourth-order valence-corrected chi connectivity index (χ4v) is 4.18. The maximum absolute atomic E-state index is 13.1. The molecule has 0 saturated carbocycles. The third-order valence-corrected chi connectivity index (χ3v) is 6.05. The van der Waals surface area contributed by atoms with Gasteiger partial charge in [0.05, 0.1) is 13.1 Å². The van der Waals surface area contributed by atoms with Gasteiger partial charge < -0.3 is 5.32 Å². The summed E-state index contributed by atoms with van der Waals surface area (Å²) in [5.74, 6) is -0.490. The van der Waals surface area contributed by atoms with Crippen LogP contribution in [0.4, 0.5) is 5.69 Å². The summed E-state index contributed by atoms with van der Waals surface area (Å²) in [5, 5.41) is 7.19. The standard InChI is InChI=1S/C28H24N4O3/c33-26-14-15-27(34)32(26)19-21-8-12-23(13-9-21)30-28(35)25-5-2-1-4-24(25)22-10-6-20(7-11-22)18-31-17-3-16-29-31/h1-13,16-17H,14-15,18-19H2,(H,30,35). The monoisotopic (exact) mass is 464 g/mol. The van der Waals surface area contributed by atoms with Crippen LogP contribution < -0.4 is 5.32 Å². The van der Waals surface area contributed by atoms with E-state index in [2.05, 4.69) is 10.4 Å². The number of nitrogens with one attached hydrogen (secondary N) is 1. The normalized spacial score (nSPS) is 13.3. The summed E-state index contributed by atoms with van der Waals surface area (Å²) >= 11 is 0. The van der Waals surface area contributed by atoms with Crippen molar-refractivity contribution in [3.63, 3.8) is 0 Å². The fraction of sp³-hybridized carbons (Fsp3) is 0.143. The highest BCUT2D eigenvalue weighted by Gasteiger charge is 2.28. The summed E-state index contributed by atoms with van der Waals surface area (Å²) in [4.78, 5) is 38.1. The maximum Gasteiger partial charge on any atom is 0.256 e. The van der Waals surface area contributed by atoms with Crippen molar-refractivity contribution < 1.29 is 14.4 Å². The molecule has 1 N–H and O–H groups in total. The lowest BCUT2D eigenvalue weighted by molar-refractivity contribution is -0.139. The summed E-state index contributed by atoms with van der Waals surface area (Å²) in [6, 6.07) is 24.7. The average Bonchev–Trinajstić information content (AvgIpc) is 3.51. The Labute approximate surface area is 203 Å². The number of anilines is 1. The van der Waals surface area contributed by atoms with Crippen LogP contribution in [0, 0.1) is 0 Å². The quantitative estimate of drug-likeness (QED) is 0.408. The van der Waals surface area contributed by atoms with Gasteiger partial charge in [-0.3, -0.25) is 24.0 Å². The van der Waals surface area contributed by atoms with Gasteiger partial charge in [0.1, 0.15) is 0 Å². The minimum absolute atomic E-state index is 0.140. The van der Waals surface area contributed by atoms with Crippen LogP contribution in [0.3, 0.4) is 0 Å². The maximum atomic E-state index is 13.1. The van der Waals surface area contributed by atoms with Crippen LogP contribution in [0.1, 0.15) is 34.3 Å². The number of rotatable bonds is 7. The molecule has 1 aliphatic heterocycles.